The predicted molar refractivity (Wildman–Crippen MR) is 146 cm³/mol. The molecule has 2 heterocycles. The van der Waals surface area contributed by atoms with Gasteiger partial charge in [-0.05, 0) is 46.8 Å². The SMILES string of the molecule is CC.CC(=O)N1CCN(S(=O)(=O)c2ccc(OC(F)(F)F)cc2)[C@@H](C(=O)NCc2ccc(-c3cccs3)cc2)C1. The van der Waals surface area contributed by atoms with Crippen LogP contribution >= 0.6 is 11.3 Å². The van der Waals surface area contributed by atoms with Gasteiger partial charge in [-0.25, -0.2) is 8.42 Å². The summed E-state index contributed by atoms with van der Waals surface area (Å²) < 4.78 is 68.9. The van der Waals surface area contributed by atoms with Gasteiger partial charge in [-0.1, -0.05) is 44.2 Å². The van der Waals surface area contributed by atoms with E-state index in [0.717, 1.165) is 44.6 Å². The van der Waals surface area contributed by atoms with Gasteiger partial charge >= 0.3 is 6.36 Å². The first-order valence-corrected chi connectivity index (χ1v) is 14.8. The van der Waals surface area contributed by atoms with Crippen LogP contribution in [0.15, 0.2) is 70.9 Å². The Labute approximate surface area is 235 Å². The third-order valence-electron chi connectivity index (χ3n) is 5.97. The maximum atomic E-state index is 13.4. The standard InChI is InChI=1S/C25H24F3N3O5S2.C2H6/c1-17(32)30-12-13-31(38(34,35)21-10-8-20(9-11-21)36-25(26,27)28)22(16-30)24(33)29-15-18-4-6-19(7-5-18)23-3-2-14-37-23;1-2/h2-11,14,22H,12-13,15-16H2,1H3,(H,29,33);1-2H3/t22-;/m1./s1. The van der Waals surface area contributed by atoms with Crippen LogP contribution in [0.4, 0.5) is 13.2 Å². The third-order valence-corrected chi connectivity index (χ3v) is 8.81. The molecular formula is C27H30F3N3O5S2. The van der Waals surface area contributed by atoms with Gasteiger partial charge in [0.15, 0.2) is 0 Å². The zero-order chi connectivity index (χ0) is 29.5. The Morgan fingerprint density at radius 2 is 1.68 bits per heavy atom. The first kappa shape index (κ1) is 31.1. The highest BCUT2D eigenvalue weighted by Gasteiger charge is 2.41. The van der Waals surface area contributed by atoms with Gasteiger partial charge in [-0.3, -0.25) is 9.59 Å². The van der Waals surface area contributed by atoms with Crippen LogP contribution in [0.2, 0.25) is 0 Å². The summed E-state index contributed by atoms with van der Waals surface area (Å²) >= 11 is 1.60. The Morgan fingerprint density at radius 1 is 1.02 bits per heavy atom. The summed E-state index contributed by atoms with van der Waals surface area (Å²) in [5.41, 5.74) is 1.83. The third kappa shape index (κ3) is 7.83. The van der Waals surface area contributed by atoms with Crippen LogP contribution in [0.5, 0.6) is 5.75 Å². The monoisotopic (exact) mass is 597 g/mol. The molecule has 0 radical (unpaired) electrons. The summed E-state index contributed by atoms with van der Waals surface area (Å²) in [6, 6.07) is 14.0. The predicted octanol–water partition coefficient (Wildman–Crippen LogP) is 4.88. The summed E-state index contributed by atoms with van der Waals surface area (Å²) in [7, 11) is -4.28. The van der Waals surface area contributed by atoms with Gasteiger partial charge in [0.1, 0.15) is 11.8 Å². The van der Waals surface area contributed by atoms with Crippen LogP contribution < -0.4 is 10.1 Å². The van der Waals surface area contributed by atoms with Crippen molar-refractivity contribution in [2.45, 2.75) is 44.6 Å². The molecule has 0 aliphatic carbocycles. The van der Waals surface area contributed by atoms with Gasteiger partial charge in [0, 0.05) is 38.0 Å². The Hall–Kier alpha value is -3.42. The van der Waals surface area contributed by atoms with Crippen molar-refractivity contribution >= 4 is 33.2 Å². The maximum Gasteiger partial charge on any atom is 0.573 e. The largest absolute Gasteiger partial charge is 0.573 e. The average Bonchev–Trinajstić information content (AvgIpc) is 3.47. The molecule has 0 bridgehead atoms. The van der Waals surface area contributed by atoms with E-state index in [2.05, 4.69) is 10.1 Å². The highest BCUT2D eigenvalue weighted by Crippen LogP contribution is 2.27. The van der Waals surface area contributed by atoms with Crippen LogP contribution in [0.25, 0.3) is 10.4 Å². The van der Waals surface area contributed by atoms with Crippen molar-refractivity contribution in [3.8, 4) is 16.2 Å². The molecule has 1 aliphatic heterocycles. The number of carbonyl (C=O) groups excluding carboxylic acids is 2. The summed E-state index contributed by atoms with van der Waals surface area (Å²) in [6.45, 7) is 5.21. The van der Waals surface area contributed by atoms with E-state index < -0.39 is 34.1 Å². The number of amides is 2. The molecule has 1 N–H and O–H groups in total. The first-order chi connectivity index (χ1) is 18.9. The number of nitrogens with one attached hydrogen (secondary N) is 1. The number of ether oxygens (including phenoxy) is 1. The van der Waals surface area contributed by atoms with E-state index >= 15 is 0 Å². The van der Waals surface area contributed by atoms with Crippen LogP contribution in [0, 0.1) is 0 Å². The van der Waals surface area contributed by atoms with Crippen molar-refractivity contribution in [2.24, 2.45) is 0 Å². The number of piperazine rings is 1. The number of hydrogen-bond donors (Lipinski definition) is 1. The molecule has 3 aromatic rings. The minimum atomic E-state index is -4.92. The minimum Gasteiger partial charge on any atom is -0.406 e. The topological polar surface area (TPSA) is 96.0 Å². The lowest BCUT2D eigenvalue weighted by atomic mass is 10.1. The summed E-state index contributed by atoms with van der Waals surface area (Å²) in [5.74, 6) is -1.48. The van der Waals surface area contributed by atoms with Crippen LogP contribution in [-0.4, -0.2) is 61.5 Å². The van der Waals surface area contributed by atoms with Crippen molar-refractivity contribution in [1.82, 2.24) is 14.5 Å². The zero-order valence-electron chi connectivity index (χ0n) is 22.1. The molecule has 0 unspecified atom stereocenters. The van der Waals surface area contributed by atoms with Crippen molar-refractivity contribution < 1.29 is 35.9 Å². The molecule has 0 spiro atoms. The molecule has 1 aromatic heterocycles. The minimum absolute atomic E-state index is 0.0673. The van der Waals surface area contributed by atoms with Crippen molar-refractivity contribution in [3.63, 3.8) is 0 Å². The van der Waals surface area contributed by atoms with E-state index in [9.17, 15) is 31.2 Å². The first-order valence-electron chi connectivity index (χ1n) is 12.5. The summed E-state index contributed by atoms with van der Waals surface area (Å²) in [5, 5.41) is 4.72. The Bertz CT molecular complexity index is 1380. The van der Waals surface area contributed by atoms with E-state index in [1.165, 1.54) is 11.8 Å². The van der Waals surface area contributed by atoms with Crippen molar-refractivity contribution in [2.75, 3.05) is 19.6 Å². The van der Waals surface area contributed by atoms with Gasteiger partial charge in [-0.2, -0.15) is 4.31 Å². The molecule has 1 fully saturated rings. The second kappa shape index (κ2) is 13.3. The van der Waals surface area contributed by atoms with Crippen LogP contribution in [-0.2, 0) is 26.2 Å². The van der Waals surface area contributed by atoms with Crippen molar-refractivity contribution in [3.05, 3.63) is 71.6 Å². The number of rotatable bonds is 7. The van der Waals surface area contributed by atoms with E-state index in [1.54, 1.807) is 11.3 Å². The molecule has 8 nitrogen and oxygen atoms in total. The van der Waals surface area contributed by atoms with Gasteiger partial charge in [0.2, 0.25) is 21.8 Å². The lowest BCUT2D eigenvalue weighted by molar-refractivity contribution is -0.274. The Morgan fingerprint density at radius 3 is 2.23 bits per heavy atom. The Balaban J connectivity index is 0.00000216. The molecule has 1 aliphatic rings. The van der Waals surface area contributed by atoms with E-state index in [-0.39, 0.29) is 37.0 Å². The van der Waals surface area contributed by atoms with Gasteiger partial charge in [0.25, 0.3) is 0 Å². The summed E-state index contributed by atoms with van der Waals surface area (Å²) in [4.78, 5) is 27.4. The quantitative estimate of drug-likeness (QED) is 0.419. The summed E-state index contributed by atoms with van der Waals surface area (Å²) in [6.07, 6.45) is -4.92. The maximum absolute atomic E-state index is 13.4. The van der Waals surface area contributed by atoms with Gasteiger partial charge < -0.3 is 15.0 Å². The lowest BCUT2D eigenvalue weighted by Gasteiger charge is -2.39. The molecule has 40 heavy (non-hydrogen) atoms. The number of alkyl halides is 3. The second-order valence-electron chi connectivity index (χ2n) is 8.51. The molecular weight excluding hydrogens is 567 g/mol. The van der Waals surface area contributed by atoms with Gasteiger partial charge in [0.05, 0.1) is 4.90 Å². The number of carbonyl (C=O) groups is 2. The molecule has 1 atom stereocenters. The van der Waals surface area contributed by atoms with Gasteiger partial charge in [-0.15, -0.1) is 24.5 Å². The smallest absolute Gasteiger partial charge is 0.406 e. The van der Waals surface area contributed by atoms with Crippen LogP contribution in [0.1, 0.15) is 26.3 Å². The molecule has 2 amide bonds. The zero-order valence-corrected chi connectivity index (χ0v) is 23.8. The molecule has 2 aromatic carbocycles. The lowest BCUT2D eigenvalue weighted by Crippen LogP contribution is -2.61. The number of halogens is 3. The van der Waals surface area contributed by atoms with E-state index in [4.69, 9.17) is 0 Å². The average molecular weight is 598 g/mol. The molecule has 0 saturated carbocycles. The molecule has 13 heteroatoms. The normalized spacial score (nSPS) is 16.1. The van der Waals surface area contributed by atoms with E-state index in [1.807, 2.05) is 55.6 Å². The van der Waals surface area contributed by atoms with Crippen molar-refractivity contribution in [1.29, 1.82) is 0 Å². The Kier molecular flexibility index (Phi) is 10.3. The fourth-order valence-electron chi connectivity index (χ4n) is 4.04. The van der Waals surface area contributed by atoms with Crippen LogP contribution in [0.3, 0.4) is 0 Å². The number of nitrogens with zero attached hydrogens (tertiary/aromatic N) is 2. The number of benzene rings is 2. The highest BCUT2D eigenvalue weighted by molar-refractivity contribution is 7.89. The number of thiophene rings is 1. The molecule has 216 valence electrons. The fraction of sp³-hybridized carbons (Fsp3) is 0.333. The van der Waals surface area contributed by atoms with E-state index in [0.29, 0.717) is 0 Å². The second-order valence-corrected chi connectivity index (χ2v) is 11.3. The molecule has 1 saturated heterocycles. The molecule has 4 rings (SSSR count). The fourth-order valence-corrected chi connectivity index (χ4v) is 6.34. The number of hydrogen-bond acceptors (Lipinski definition) is 6. The highest BCUT2D eigenvalue weighted by atomic mass is 32.2. The number of sulfonamides is 1.